The van der Waals surface area contributed by atoms with Gasteiger partial charge in [0.2, 0.25) is 0 Å². The molecule has 2 aromatic heterocycles. The minimum absolute atomic E-state index is 0.194. The molecule has 0 saturated carbocycles. The zero-order chi connectivity index (χ0) is 30.0. The van der Waals surface area contributed by atoms with E-state index in [9.17, 15) is 14.7 Å². The Labute approximate surface area is 248 Å². The molecule has 5 heterocycles. The van der Waals surface area contributed by atoms with Gasteiger partial charge in [0.1, 0.15) is 17.2 Å². The summed E-state index contributed by atoms with van der Waals surface area (Å²) in [4.78, 5) is 40.5. The molecule has 12 nitrogen and oxygen atoms in total. The van der Waals surface area contributed by atoms with Crippen molar-refractivity contribution in [3.8, 4) is 0 Å². The number of carboxylic acid groups (broad SMARTS) is 1. The Morgan fingerprint density at radius 3 is 2.19 bits per heavy atom. The minimum Gasteiger partial charge on any atom is -0.480 e. The number of esters is 1. The van der Waals surface area contributed by atoms with Crippen molar-refractivity contribution in [3.05, 3.63) is 60.2 Å². The van der Waals surface area contributed by atoms with Gasteiger partial charge in [-0.1, -0.05) is 12.1 Å². The molecule has 0 aromatic carbocycles. The smallest absolute Gasteiger partial charge is 0.325 e. The average molecular weight is 581 g/mol. The van der Waals surface area contributed by atoms with Gasteiger partial charge in [-0.15, -0.1) is 0 Å². The van der Waals surface area contributed by atoms with E-state index < -0.39 is 28.8 Å². The molecule has 0 aliphatic carbocycles. The Bertz CT molecular complexity index is 1220. The maximum absolute atomic E-state index is 14.0. The molecule has 12 heteroatoms. The molecule has 0 radical (unpaired) electrons. The lowest BCUT2D eigenvalue weighted by molar-refractivity contribution is -0.289. The summed E-state index contributed by atoms with van der Waals surface area (Å²) >= 11 is 0. The van der Waals surface area contributed by atoms with Gasteiger partial charge >= 0.3 is 11.9 Å². The standard InChI is InChI=1S/C30H44N8O4/c1-28(2,3)42-27(41)23-21-32-15-18-37(23)30(25-10-6-8-12-34-25)29(4,24-9-5-7-11-33-24)35(22-26(39)40)19-20-38(30)36-16-13-31-14-17-36/h5-12,23,31-32H,13-22H2,1-4H3,(H,39,40). The van der Waals surface area contributed by atoms with Gasteiger partial charge in [0.15, 0.2) is 5.66 Å². The Hall–Kier alpha value is -3.00. The monoisotopic (exact) mass is 580 g/mol. The van der Waals surface area contributed by atoms with Gasteiger partial charge in [-0.25, -0.2) is 10.0 Å². The highest BCUT2D eigenvalue weighted by atomic mass is 16.6. The third-order valence-electron chi connectivity index (χ3n) is 8.55. The summed E-state index contributed by atoms with van der Waals surface area (Å²) in [5.41, 5.74) is -1.43. The minimum atomic E-state index is -1.13. The topological polar surface area (TPSA) is 126 Å². The van der Waals surface area contributed by atoms with Crippen molar-refractivity contribution in [2.75, 3.05) is 65.4 Å². The fourth-order valence-corrected chi connectivity index (χ4v) is 6.90. The molecular weight excluding hydrogens is 536 g/mol. The van der Waals surface area contributed by atoms with Gasteiger partial charge in [0.05, 0.1) is 17.9 Å². The predicted molar refractivity (Wildman–Crippen MR) is 157 cm³/mol. The molecule has 0 amide bonds. The first-order valence-electron chi connectivity index (χ1n) is 14.8. The molecule has 42 heavy (non-hydrogen) atoms. The van der Waals surface area contributed by atoms with Crippen molar-refractivity contribution in [1.82, 2.24) is 40.4 Å². The van der Waals surface area contributed by atoms with Gasteiger partial charge in [-0.3, -0.25) is 29.4 Å². The Morgan fingerprint density at radius 1 is 0.952 bits per heavy atom. The summed E-state index contributed by atoms with van der Waals surface area (Å²) in [5, 5.41) is 21.7. The number of piperazine rings is 3. The summed E-state index contributed by atoms with van der Waals surface area (Å²) in [6, 6.07) is 10.9. The quantitative estimate of drug-likeness (QED) is 0.399. The maximum atomic E-state index is 14.0. The van der Waals surface area contributed by atoms with Crippen LogP contribution in [-0.2, 0) is 25.5 Å². The fourth-order valence-electron chi connectivity index (χ4n) is 6.90. The number of nitrogens with zero attached hydrogens (tertiary/aromatic N) is 6. The number of hydrogen-bond acceptors (Lipinski definition) is 11. The number of hydrazine groups is 1. The molecule has 3 saturated heterocycles. The number of ether oxygens (including phenoxy) is 1. The van der Waals surface area contributed by atoms with E-state index in [1.165, 1.54) is 0 Å². The zero-order valence-electron chi connectivity index (χ0n) is 25.1. The number of pyridine rings is 2. The Morgan fingerprint density at radius 2 is 1.60 bits per heavy atom. The van der Waals surface area contributed by atoms with E-state index in [2.05, 4.69) is 32.5 Å². The van der Waals surface area contributed by atoms with Crippen LogP contribution in [0, 0.1) is 0 Å². The van der Waals surface area contributed by atoms with E-state index in [1.54, 1.807) is 12.4 Å². The number of aromatic nitrogens is 2. The lowest BCUT2D eigenvalue weighted by Crippen LogP contribution is -2.83. The molecule has 228 valence electrons. The lowest BCUT2D eigenvalue weighted by atomic mass is 9.73. The highest BCUT2D eigenvalue weighted by Gasteiger charge is 2.67. The van der Waals surface area contributed by atoms with Crippen LogP contribution >= 0.6 is 0 Å². The second-order valence-corrected chi connectivity index (χ2v) is 12.3. The summed E-state index contributed by atoms with van der Waals surface area (Å²) in [5.74, 6) is -1.25. The number of carbonyl (C=O) groups is 2. The fraction of sp³-hybridized carbons (Fsp3) is 0.600. The number of rotatable bonds is 7. The molecule has 3 aliphatic rings. The summed E-state index contributed by atoms with van der Waals surface area (Å²) in [6.45, 7) is 13.2. The molecule has 3 N–H and O–H groups in total. The average Bonchev–Trinajstić information content (AvgIpc) is 2.98. The number of nitrogens with one attached hydrogen (secondary N) is 2. The molecule has 3 atom stereocenters. The first kappa shape index (κ1) is 30.5. The van der Waals surface area contributed by atoms with Crippen LogP contribution in [0.15, 0.2) is 48.8 Å². The van der Waals surface area contributed by atoms with E-state index in [-0.39, 0.29) is 12.5 Å². The summed E-state index contributed by atoms with van der Waals surface area (Å²) in [7, 11) is 0. The first-order valence-corrected chi connectivity index (χ1v) is 14.8. The van der Waals surface area contributed by atoms with Crippen LogP contribution in [0.2, 0.25) is 0 Å². The van der Waals surface area contributed by atoms with Crippen LogP contribution in [0.4, 0.5) is 0 Å². The van der Waals surface area contributed by atoms with Gasteiger partial charge in [0.25, 0.3) is 0 Å². The van der Waals surface area contributed by atoms with Crippen LogP contribution in [0.3, 0.4) is 0 Å². The lowest BCUT2D eigenvalue weighted by Gasteiger charge is -2.67. The zero-order valence-corrected chi connectivity index (χ0v) is 25.1. The molecule has 3 unspecified atom stereocenters. The maximum Gasteiger partial charge on any atom is 0.325 e. The second kappa shape index (κ2) is 12.3. The Kier molecular flexibility index (Phi) is 8.93. The largest absolute Gasteiger partial charge is 0.480 e. The third kappa shape index (κ3) is 5.54. The predicted octanol–water partition coefficient (Wildman–Crippen LogP) is 0.683. The van der Waals surface area contributed by atoms with E-state index in [4.69, 9.17) is 14.7 Å². The van der Waals surface area contributed by atoms with Gasteiger partial charge in [0, 0.05) is 71.3 Å². The van der Waals surface area contributed by atoms with Crippen molar-refractivity contribution < 1.29 is 19.4 Å². The number of carboxylic acids is 1. The van der Waals surface area contributed by atoms with Crippen LogP contribution in [-0.4, -0.2) is 124 Å². The van der Waals surface area contributed by atoms with Crippen LogP contribution in [0.25, 0.3) is 0 Å². The van der Waals surface area contributed by atoms with Gasteiger partial charge in [-0.2, -0.15) is 0 Å². The van der Waals surface area contributed by atoms with Crippen LogP contribution < -0.4 is 10.6 Å². The van der Waals surface area contributed by atoms with Crippen molar-refractivity contribution in [2.24, 2.45) is 0 Å². The van der Waals surface area contributed by atoms with E-state index in [0.717, 1.165) is 31.9 Å². The van der Waals surface area contributed by atoms with Crippen molar-refractivity contribution in [2.45, 2.75) is 50.5 Å². The van der Waals surface area contributed by atoms with Crippen LogP contribution in [0.5, 0.6) is 0 Å². The third-order valence-corrected chi connectivity index (χ3v) is 8.55. The first-order chi connectivity index (χ1) is 20.1. The second-order valence-electron chi connectivity index (χ2n) is 12.3. The molecule has 5 rings (SSSR count). The van der Waals surface area contributed by atoms with E-state index >= 15 is 0 Å². The van der Waals surface area contributed by atoms with E-state index in [1.807, 2.05) is 62.1 Å². The van der Waals surface area contributed by atoms with Crippen molar-refractivity contribution >= 4 is 11.9 Å². The van der Waals surface area contributed by atoms with Crippen LogP contribution in [0.1, 0.15) is 39.1 Å². The van der Waals surface area contributed by atoms with Gasteiger partial charge in [-0.05, 0) is 52.0 Å². The SMILES string of the molecule is CC(C)(C)OC(=O)C1CNCCN1C1(c2ccccn2)N(N2CCNCC2)CCN(CC(=O)O)C1(C)c1ccccn1. The normalized spacial score (nSPS) is 28.8. The van der Waals surface area contributed by atoms with E-state index in [0.29, 0.717) is 38.4 Å². The Balaban J connectivity index is 1.83. The number of aliphatic carboxylic acids is 1. The molecule has 0 bridgehead atoms. The highest BCUT2D eigenvalue weighted by molar-refractivity contribution is 5.77. The molecule has 3 aliphatic heterocycles. The van der Waals surface area contributed by atoms with Gasteiger partial charge < -0.3 is 20.5 Å². The summed E-state index contributed by atoms with van der Waals surface area (Å²) < 4.78 is 6.02. The highest BCUT2D eigenvalue weighted by Crippen LogP contribution is 2.53. The summed E-state index contributed by atoms with van der Waals surface area (Å²) in [6.07, 6.45) is 3.52. The number of carbonyl (C=O) groups excluding carboxylic acids is 1. The van der Waals surface area contributed by atoms with Crippen molar-refractivity contribution in [3.63, 3.8) is 0 Å². The van der Waals surface area contributed by atoms with Crippen molar-refractivity contribution in [1.29, 1.82) is 0 Å². The molecule has 3 fully saturated rings. The molecule has 0 spiro atoms. The molecular formula is C30H44N8O4. The number of hydrogen-bond donors (Lipinski definition) is 3. The molecule has 2 aromatic rings.